The van der Waals surface area contributed by atoms with E-state index in [0.717, 1.165) is 56.4 Å². The molecule has 3 N–H and O–H groups in total. The molecule has 312 valence electrons. The molecule has 1 amide bonds. The second-order valence-electron chi connectivity index (χ2n) is 13.4. The molecule has 0 saturated carbocycles. The Morgan fingerprint density at radius 1 is 0.780 bits per heavy atom. The van der Waals surface area contributed by atoms with E-state index < -0.39 is 6.85 Å². The van der Waals surface area contributed by atoms with E-state index in [4.69, 9.17) is 43.9 Å². The Bertz CT molecular complexity index is 2020. The molecular weight excluding hydrogens is 747 g/mol. The van der Waals surface area contributed by atoms with E-state index in [0.29, 0.717) is 71.5 Å². The van der Waals surface area contributed by atoms with Crippen LogP contribution in [0.25, 0.3) is 11.6 Å². The minimum Gasteiger partial charge on any atom is -0.491 e. The van der Waals surface area contributed by atoms with Crippen LogP contribution in [0.3, 0.4) is 0 Å². The number of aliphatic imine (C=N–C) groups is 1. The maximum absolute atomic E-state index is 12.9. The summed E-state index contributed by atoms with van der Waals surface area (Å²) in [5.74, 6) is 13.7. The van der Waals surface area contributed by atoms with Crippen LogP contribution in [-0.2, 0) is 28.4 Å². The van der Waals surface area contributed by atoms with Crippen molar-refractivity contribution < 1.29 is 38.0 Å². The highest BCUT2D eigenvalue weighted by molar-refractivity contribution is 6.74. The van der Waals surface area contributed by atoms with Crippen molar-refractivity contribution in [3.63, 3.8) is 0 Å². The highest BCUT2D eigenvalue weighted by Gasteiger charge is 2.27. The molecule has 4 rings (SSSR count). The van der Waals surface area contributed by atoms with Gasteiger partial charge in [0, 0.05) is 56.9 Å². The van der Waals surface area contributed by atoms with Gasteiger partial charge >= 0.3 is 6.85 Å². The molecule has 2 aromatic carbocycles. The topological polar surface area (TPSA) is 137 Å². The summed E-state index contributed by atoms with van der Waals surface area (Å²) in [6, 6.07) is 17.6. The molecule has 0 bridgehead atoms. The third-order valence-electron chi connectivity index (χ3n) is 8.94. The van der Waals surface area contributed by atoms with Gasteiger partial charge in [-0.05, 0) is 85.5 Å². The molecule has 0 aliphatic carbocycles. The first kappa shape index (κ1) is 46.5. The summed E-state index contributed by atoms with van der Waals surface area (Å²) in [6.07, 6.45) is 6.10. The number of carbonyl (C=O) groups is 1. The van der Waals surface area contributed by atoms with Crippen LogP contribution in [0.1, 0.15) is 45.4 Å². The molecule has 1 aliphatic heterocycles. The first-order chi connectivity index (χ1) is 28.8. The Balaban J connectivity index is 1.76. The van der Waals surface area contributed by atoms with Crippen molar-refractivity contribution in [1.82, 2.24) is 9.79 Å². The van der Waals surface area contributed by atoms with Gasteiger partial charge in [-0.2, -0.15) is 0 Å². The van der Waals surface area contributed by atoms with E-state index in [1.807, 2.05) is 67.6 Å². The fourth-order valence-corrected chi connectivity index (χ4v) is 6.10. The molecule has 1 aromatic heterocycles. The van der Waals surface area contributed by atoms with Crippen molar-refractivity contribution >= 4 is 30.1 Å². The van der Waals surface area contributed by atoms with Crippen molar-refractivity contribution in [2.24, 2.45) is 10.7 Å². The summed E-state index contributed by atoms with van der Waals surface area (Å²) in [4.78, 5) is 18.1. The van der Waals surface area contributed by atoms with Gasteiger partial charge in [0.15, 0.2) is 0 Å². The number of methoxy groups -OCH3 is 3. The molecule has 3 aromatic rings. The number of hydrogen-bond acceptors (Lipinski definition) is 10. The highest BCUT2D eigenvalue weighted by Crippen LogP contribution is 2.37. The summed E-state index contributed by atoms with van der Waals surface area (Å²) < 4.78 is 40.0. The lowest BCUT2D eigenvalue weighted by molar-refractivity contribution is 0.0544. The van der Waals surface area contributed by atoms with Crippen LogP contribution in [0.2, 0.25) is 0 Å². The Kier molecular flexibility index (Phi) is 20.5. The van der Waals surface area contributed by atoms with Gasteiger partial charge in [-0.1, -0.05) is 42.2 Å². The lowest BCUT2D eigenvalue weighted by Gasteiger charge is -2.19. The standard InChI is InChI=1S/C46H57BN4O8/c1-35-34-41(16-9-38-10-17-42(18-11-38)59-32-31-58-30-27-55-6)50-44(35)43(39-12-14-40(15-13-39)46(52)49-22-21-48)45-36(2)33-37(3)51(45)47(19-7-23-56-28-25-53-4)20-8-24-57-29-26-54-5/h9-18,33-34H,21-32,48H2,1-6H3,(H,49,52)/b16-9+,44-43-. The van der Waals surface area contributed by atoms with Gasteiger partial charge in [-0.25, -0.2) is 4.99 Å². The highest BCUT2D eigenvalue weighted by atomic mass is 16.5. The van der Waals surface area contributed by atoms with Crippen molar-refractivity contribution in [3.05, 3.63) is 112 Å². The molecule has 0 atom stereocenters. The average molecular weight is 805 g/mol. The number of amides is 1. The minimum atomic E-state index is -0.545. The largest absolute Gasteiger partial charge is 0.491 e. The number of carbonyl (C=O) groups excluding carboxylic acids is 1. The summed E-state index contributed by atoms with van der Waals surface area (Å²) in [7, 11) is 4.91. The lowest BCUT2D eigenvalue weighted by atomic mass is 9.63. The minimum absolute atomic E-state index is 0.188. The molecule has 59 heavy (non-hydrogen) atoms. The van der Waals surface area contributed by atoms with Crippen LogP contribution < -0.4 is 15.8 Å². The summed E-state index contributed by atoms with van der Waals surface area (Å²) in [6.45, 7) is 10.7. The second kappa shape index (κ2) is 26.0. The maximum Gasteiger partial charge on any atom is 0.433 e. The summed E-state index contributed by atoms with van der Waals surface area (Å²) in [5.41, 5.74) is 14.4. The van der Waals surface area contributed by atoms with Crippen LogP contribution in [-0.4, -0.2) is 123 Å². The van der Waals surface area contributed by atoms with Crippen molar-refractivity contribution in [2.75, 3.05) is 100 Å². The van der Waals surface area contributed by atoms with Crippen LogP contribution in [0, 0.1) is 37.3 Å². The zero-order valence-corrected chi connectivity index (χ0v) is 35.2. The number of allylic oxidation sites excluding steroid dienone is 3. The Morgan fingerprint density at radius 3 is 1.98 bits per heavy atom. The van der Waals surface area contributed by atoms with Gasteiger partial charge in [-0.3, -0.25) is 4.79 Å². The fourth-order valence-electron chi connectivity index (χ4n) is 6.10. The number of hydrogen-bond donors (Lipinski definition) is 2. The molecule has 0 spiro atoms. The fraction of sp³-hybridized carbons (Fsp3) is 0.391. The van der Waals surface area contributed by atoms with Crippen molar-refractivity contribution in [2.45, 2.75) is 20.8 Å². The predicted molar refractivity (Wildman–Crippen MR) is 235 cm³/mol. The van der Waals surface area contributed by atoms with Crippen LogP contribution in [0.15, 0.2) is 83.0 Å². The Labute approximate surface area is 349 Å². The molecule has 2 heterocycles. The van der Waals surface area contributed by atoms with Crippen LogP contribution >= 0.6 is 0 Å². The molecule has 0 fully saturated rings. The van der Waals surface area contributed by atoms with Gasteiger partial charge in [0.1, 0.15) is 25.6 Å². The molecular formula is C46H57BN4O8. The van der Waals surface area contributed by atoms with Crippen LogP contribution in [0.4, 0.5) is 0 Å². The quantitative estimate of drug-likeness (QED) is 0.0775. The van der Waals surface area contributed by atoms with E-state index in [-0.39, 0.29) is 19.1 Å². The van der Waals surface area contributed by atoms with Gasteiger partial charge in [0.25, 0.3) is 5.91 Å². The average Bonchev–Trinajstić information content (AvgIpc) is 3.76. The van der Waals surface area contributed by atoms with Crippen molar-refractivity contribution in [1.29, 1.82) is 0 Å². The van der Waals surface area contributed by atoms with Gasteiger partial charge in [0.2, 0.25) is 0 Å². The normalized spacial score (nSPS) is 13.0. The first-order valence-corrected chi connectivity index (χ1v) is 19.7. The van der Waals surface area contributed by atoms with Gasteiger partial charge in [0.05, 0.1) is 57.7 Å². The Hall–Kier alpha value is -5.22. The Morgan fingerprint density at radius 2 is 1.37 bits per heavy atom. The molecule has 1 aliphatic rings. The monoisotopic (exact) mass is 804 g/mol. The summed E-state index contributed by atoms with van der Waals surface area (Å²) >= 11 is 0. The summed E-state index contributed by atoms with van der Waals surface area (Å²) in [5, 5.41) is 2.85. The van der Waals surface area contributed by atoms with E-state index in [1.165, 1.54) is 0 Å². The predicted octanol–water partition coefficient (Wildman–Crippen LogP) is 4.96. The number of benzene rings is 2. The van der Waals surface area contributed by atoms with E-state index >= 15 is 0 Å². The zero-order valence-electron chi connectivity index (χ0n) is 35.2. The zero-order chi connectivity index (χ0) is 42.2. The third kappa shape index (κ3) is 14.8. The molecule has 0 radical (unpaired) electrons. The molecule has 12 nitrogen and oxygen atoms in total. The first-order valence-electron chi connectivity index (χ1n) is 19.7. The number of ether oxygens (including phenoxy) is 7. The number of nitrogens with one attached hydrogen (secondary N) is 1. The van der Waals surface area contributed by atoms with Gasteiger partial charge < -0.3 is 48.7 Å². The van der Waals surface area contributed by atoms with E-state index in [2.05, 4.69) is 59.3 Å². The molecule has 0 saturated heterocycles. The molecule has 0 unspecified atom stereocenters. The number of aromatic nitrogens is 1. The van der Waals surface area contributed by atoms with Crippen molar-refractivity contribution in [3.8, 4) is 29.2 Å². The number of nitrogens with zero attached hydrogens (tertiary/aromatic N) is 2. The van der Waals surface area contributed by atoms with Crippen LogP contribution in [0.5, 0.6) is 5.75 Å². The number of rotatable bonds is 23. The number of aryl methyl sites for hydroxylation is 2. The smallest absolute Gasteiger partial charge is 0.433 e. The molecule has 13 heteroatoms. The SMILES string of the molecule is COCCOCC#CB(C#CCOCCOC)n1c(C)cc(C)c1/C(=C1N=C(/C=C/c2ccc(OCCOCCOC)cc2)C=C\1C)c1ccc(C(=O)NCCN)cc1. The maximum atomic E-state index is 12.9. The number of nitrogens with two attached hydrogens (primary N) is 1. The van der Waals surface area contributed by atoms with E-state index in [1.54, 1.807) is 21.3 Å². The third-order valence-corrected chi connectivity index (χ3v) is 8.94. The lowest BCUT2D eigenvalue weighted by Crippen LogP contribution is -2.28. The van der Waals surface area contributed by atoms with Gasteiger partial charge in [-0.15, -0.1) is 11.6 Å². The van der Waals surface area contributed by atoms with E-state index in [9.17, 15) is 4.79 Å². The second-order valence-corrected chi connectivity index (χ2v) is 13.4.